The Morgan fingerprint density at radius 2 is 1.64 bits per heavy atom. The topological polar surface area (TPSA) is 122 Å². The van der Waals surface area contributed by atoms with Gasteiger partial charge < -0.3 is 26.8 Å². The molecule has 2 fully saturated rings. The van der Waals surface area contributed by atoms with Gasteiger partial charge in [0.15, 0.2) is 6.29 Å². The molecule has 3 aromatic rings. The SMILES string of the molecule is CCCCNc1c(-c2ccccc2/C(N)=C2\CCC3C(CC\C2=C(/C)N)[C@@H]3CO)cc(C=O)c2c(C(=O)N(C)CCCC)cccc12. The number of hydrogen-bond acceptors (Lipinski definition) is 6. The molecule has 2 aliphatic rings. The average Bonchev–Trinajstić information content (AvgIpc) is 3.75. The third-order valence-corrected chi connectivity index (χ3v) is 10.4. The lowest BCUT2D eigenvalue weighted by Gasteiger charge is -2.24. The van der Waals surface area contributed by atoms with E-state index in [1.54, 1.807) is 4.90 Å². The number of carbonyl (C=O) groups is 2. The molecule has 5 rings (SSSR count). The highest BCUT2D eigenvalue weighted by atomic mass is 16.3. The van der Waals surface area contributed by atoms with Crippen LogP contribution in [-0.4, -0.2) is 48.9 Å². The summed E-state index contributed by atoms with van der Waals surface area (Å²) in [6.45, 7) is 7.87. The van der Waals surface area contributed by atoms with Gasteiger partial charge in [-0.1, -0.05) is 63.1 Å². The first-order valence-electron chi connectivity index (χ1n) is 17.5. The zero-order chi connectivity index (χ0) is 33.7. The molecule has 0 heterocycles. The van der Waals surface area contributed by atoms with Crippen molar-refractivity contribution in [3.8, 4) is 11.1 Å². The highest BCUT2D eigenvalue weighted by Crippen LogP contribution is 2.55. The Morgan fingerprint density at radius 1 is 0.957 bits per heavy atom. The molecular weight excluding hydrogens is 584 g/mol. The fourth-order valence-corrected chi connectivity index (χ4v) is 7.71. The van der Waals surface area contributed by atoms with E-state index in [2.05, 4.69) is 31.3 Å². The highest BCUT2D eigenvalue weighted by Gasteiger charge is 2.49. The van der Waals surface area contributed by atoms with Crippen molar-refractivity contribution in [3.05, 3.63) is 82.1 Å². The van der Waals surface area contributed by atoms with Crippen LogP contribution >= 0.6 is 0 Å². The van der Waals surface area contributed by atoms with Gasteiger partial charge in [-0.2, -0.15) is 0 Å². The van der Waals surface area contributed by atoms with Crippen molar-refractivity contribution in [2.24, 2.45) is 29.2 Å². The Balaban J connectivity index is 1.70. The first-order chi connectivity index (χ1) is 22.8. The smallest absolute Gasteiger partial charge is 0.254 e. The van der Waals surface area contributed by atoms with E-state index in [0.29, 0.717) is 46.5 Å². The maximum Gasteiger partial charge on any atom is 0.254 e. The molecule has 0 bridgehead atoms. The normalized spacial score (nSPS) is 21.3. The third-order valence-electron chi connectivity index (χ3n) is 10.4. The molecule has 2 aliphatic carbocycles. The Bertz CT molecular complexity index is 1690. The summed E-state index contributed by atoms with van der Waals surface area (Å²) in [4.78, 5) is 28.3. The van der Waals surface area contributed by atoms with Gasteiger partial charge in [0.25, 0.3) is 5.91 Å². The van der Waals surface area contributed by atoms with E-state index in [4.69, 9.17) is 11.5 Å². The molecule has 0 spiro atoms. The Morgan fingerprint density at radius 3 is 2.30 bits per heavy atom. The van der Waals surface area contributed by atoms with E-state index in [0.717, 1.165) is 109 Å². The number of benzene rings is 3. The summed E-state index contributed by atoms with van der Waals surface area (Å²) in [5.74, 6) is 1.38. The van der Waals surface area contributed by atoms with Crippen LogP contribution in [0.25, 0.3) is 27.6 Å². The zero-order valence-electron chi connectivity index (χ0n) is 28.6. The molecule has 0 saturated heterocycles. The number of nitrogens with two attached hydrogens (primary N) is 2. The van der Waals surface area contributed by atoms with E-state index in [1.165, 1.54) is 0 Å². The number of aliphatic hydroxyl groups excluding tert-OH is 1. The maximum absolute atomic E-state index is 13.7. The second-order valence-corrected chi connectivity index (χ2v) is 13.4. The fraction of sp³-hybridized carbons (Fsp3) is 0.450. The number of unbranched alkanes of at least 4 members (excludes halogenated alkanes) is 2. The summed E-state index contributed by atoms with van der Waals surface area (Å²) < 4.78 is 0. The van der Waals surface area contributed by atoms with Gasteiger partial charge in [0.2, 0.25) is 0 Å². The van der Waals surface area contributed by atoms with Crippen molar-refractivity contribution in [2.45, 2.75) is 72.1 Å². The molecule has 250 valence electrons. The lowest BCUT2D eigenvalue weighted by molar-refractivity contribution is 0.0795. The lowest BCUT2D eigenvalue weighted by atomic mass is 9.85. The largest absolute Gasteiger partial charge is 0.402 e. The minimum absolute atomic E-state index is 0.0872. The van der Waals surface area contributed by atoms with Crippen LogP contribution in [0.4, 0.5) is 5.69 Å². The standard InChI is InChI=1S/C40H52N4O3/c1-5-7-20-43-39-33-14-11-15-34(40(47)44(4)21-8-6-2)37(33)26(23-45)22-35(39)28-12-9-10-13-31(28)38(42)32-19-18-30-29(36(30)24-46)17-16-27(32)25(3)41/h9-15,22-23,29-30,36,43,46H,5-8,16-21,24,41-42H2,1-4H3/b27-25-,38-32-/t29?,30?,36-/m0/s1. The fourth-order valence-electron chi connectivity index (χ4n) is 7.71. The molecule has 0 aliphatic heterocycles. The Hall–Kier alpha value is -4.10. The average molecular weight is 637 g/mol. The second kappa shape index (κ2) is 15.2. The van der Waals surface area contributed by atoms with Crippen molar-refractivity contribution in [1.29, 1.82) is 0 Å². The van der Waals surface area contributed by atoms with Gasteiger partial charge in [-0.05, 0) is 92.0 Å². The number of fused-ring (bicyclic) bond motifs is 2. The zero-order valence-corrected chi connectivity index (χ0v) is 28.6. The Kier molecular flexibility index (Phi) is 11.1. The van der Waals surface area contributed by atoms with Crippen molar-refractivity contribution < 1.29 is 14.7 Å². The van der Waals surface area contributed by atoms with Crippen molar-refractivity contribution >= 4 is 34.4 Å². The van der Waals surface area contributed by atoms with Crippen LogP contribution in [-0.2, 0) is 0 Å². The number of nitrogens with one attached hydrogen (secondary N) is 1. The molecule has 0 aromatic heterocycles. The highest BCUT2D eigenvalue weighted by molar-refractivity contribution is 6.17. The minimum Gasteiger partial charge on any atom is -0.402 e. The number of allylic oxidation sites excluding steroid dienone is 3. The van der Waals surface area contributed by atoms with Gasteiger partial charge in [0.05, 0.1) is 5.69 Å². The van der Waals surface area contributed by atoms with Crippen LogP contribution in [0.1, 0.15) is 98.4 Å². The molecule has 3 atom stereocenters. The number of carbonyl (C=O) groups excluding carboxylic acids is 2. The summed E-state index contributed by atoms with van der Waals surface area (Å²) in [5.41, 5.74) is 22.0. The van der Waals surface area contributed by atoms with Gasteiger partial charge in [-0.15, -0.1) is 0 Å². The van der Waals surface area contributed by atoms with Crippen molar-refractivity contribution in [3.63, 3.8) is 0 Å². The molecular formula is C40H52N4O3. The summed E-state index contributed by atoms with van der Waals surface area (Å²) in [6.07, 6.45) is 8.41. The van der Waals surface area contributed by atoms with Crippen LogP contribution in [0.5, 0.6) is 0 Å². The van der Waals surface area contributed by atoms with E-state index < -0.39 is 0 Å². The van der Waals surface area contributed by atoms with E-state index in [-0.39, 0.29) is 12.5 Å². The number of nitrogens with zero attached hydrogens (tertiary/aromatic N) is 1. The Labute approximate surface area is 280 Å². The predicted molar refractivity (Wildman–Crippen MR) is 194 cm³/mol. The number of anilines is 1. The first kappa shape index (κ1) is 34.2. The number of rotatable bonds is 12. The lowest BCUT2D eigenvalue weighted by Crippen LogP contribution is -2.28. The molecule has 2 saturated carbocycles. The molecule has 2 unspecified atom stereocenters. The molecule has 47 heavy (non-hydrogen) atoms. The third kappa shape index (κ3) is 6.96. The summed E-state index contributed by atoms with van der Waals surface area (Å²) in [6, 6.07) is 15.8. The second-order valence-electron chi connectivity index (χ2n) is 13.4. The monoisotopic (exact) mass is 636 g/mol. The number of aliphatic hydroxyl groups is 1. The van der Waals surface area contributed by atoms with E-state index in [1.807, 2.05) is 50.4 Å². The summed E-state index contributed by atoms with van der Waals surface area (Å²) in [5, 5.41) is 15.1. The van der Waals surface area contributed by atoms with Crippen LogP contribution in [0, 0.1) is 17.8 Å². The summed E-state index contributed by atoms with van der Waals surface area (Å²) in [7, 11) is 1.83. The molecule has 7 heteroatoms. The number of amides is 1. The van der Waals surface area contributed by atoms with Gasteiger partial charge in [0, 0.05) is 71.2 Å². The van der Waals surface area contributed by atoms with Crippen LogP contribution < -0.4 is 16.8 Å². The van der Waals surface area contributed by atoms with Crippen molar-refractivity contribution in [2.75, 3.05) is 32.1 Å². The van der Waals surface area contributed by atoms with Crippen LogP contribution in [0.2, 0.25) is 0 Å². The predicted octanol–water partition coefficient (Wildman–Crippen LogP) is 7.73. The van der Waals surface area contributed by atoms with E-state index in [9.17, 15) is 14.7 Å². The van der Waals surface area contributed by atoms with Gasteiger partial charge >= 0.3 is 0 Å². The molecule has 6 N–H and O–H groups in total. The van der Waals surface area contributed by atoms with Gasteiger partial charge in [-0.25, -0.2) is 0 Å². The van der Waals surface area contributed by atoms with E-state index >= 15 is 0 Å². The quantitative estimate of drug-likeness (QED) is 0.119. The molecule has 0 radical (unpaired) electrons. The van der Waals surface area contributed by atoms with Crippen molar-refractivity contribution in [1.82, 2.24) is 4.90 Å². The maximum atomic E-state index is 13.7. The van der Waals surface area contributed by atoms with Gasteiger partial charge in [0.1, 0.15) is 0 Å². The molecule has 1 amide bonds. The number of aldehydes is 1. The summed E-state index contributed by atoms with van der Waals surface area (Å²) >= 11 is 0. The van der Waals surface area contributed by atoms with Gasteiger partial charge in [-0.3, -0.25) is 9.59 Å². The molecule has 3 aromatic carbocycles. The van der Waals surface area contributed by atoms with Crippen LogP contribution in [0.3, 0.4) is 0 Å². The van der Waals surface area contributed by atoms with Crippen LogP contribution in [0.15, 0.2) is 65.4 Å². The molecule has 7 nitrogen and oxygen atoms in total. The minimum atomic E-state index is -0.0872. The number of hydrogen-bond donors (Lipinski definition) is 4. The first-order valence-corrected chi connectivity index (χ1v) is 17.5.